The van der Waals surface area contributed by atoms with Crippen molar-refractivity contribution >= 4 is 23.2 Å². The van der Waals surface area contributed by atoms with E-state index in [4.69, 9.17) is 22.1 Å². The second kappa shape index (κ2) is 8.04. The summed E-state index contributed by atoms with van der Waals surface area (Å²) < 4.78 is 5.58. The Morgan fingerprint density at radius 2 is 2.17 bits per heavy atom. The van der Waals surface area contributed by atoms with Crippen LogP contribution in [0.15, 0.2) is 24.7 Å². The number of hydrogen-bond donors (Lipinski definition) is 2. The van der Waals surface area contributed by atoms with Crippen molar-refractivity contribution in [2.45, 2.75) is 44.7 Å². The van der Waals surface area contributed by atoms with E-state index in [1.165, 1.54) is 0 Å². The van der Waals surface area contributed by atoms with Gasteiger partial charge in [-0.2, -0.15) is 0 Å². The van der Waals surface area contributed by atoms with Crippen LogP contribution in [0.3, 0.4) is 0 Å². The van der Waals surface area contributed by atoms with Crippen LogP contribution in [0, 0.1) is 5.92 Å². The molecule has 3 heterocycles. The van der Waals surface area contributed by atoms with Gasteiger partial charge in [0.2, 0.25) is 5.88 Å². The van der Waals surface area contributed by atoms with E-state index in [2.05, 4.69) is 27.1 Å². The highest BCUT2D eigenvalue weighted by molar-refractivity contribution is 6.30. The van der Waals surface area contributed by atoms with Gasteiger partial charge in [-0.05, 0) is 45.1 Å². The molecule has 4 rings (SSSR count). The van der Waals surface area contributed by atoms with Crippen molar-refractivity contribution in [2.24, 2.45) is 11.7 Å². The lowest BCUT2D eigenvalue weighted by Crippen LogP contribution is -2.40. The fraction of sp³-hybridized carbons (Fsp3) is 0.500. The summed E-state index contributed by atoms with van der Waals surface area (Å²) in [5.74, 6) is 0.840. The Morgan fingerprint density at radius 3 is 2.77 bits per heavy atom. The zero-order valence-corrected chi connectivity index (χ0v) is 18.4. The third kappa shape index (κ3) is 4.23. The highest BCUT2D eigenvalue weighted by Gasteiger charge is 2.36. The SMILES string of the molecule is COc1ncc(C(=O)N[C@@H](C)C2CC2)c(N2CC[C@](C)(N)C2)c1-c1cncc(Cl)c1. The molecule has 0 bridgehead atoms. The predicted molar refractivity (Wildman–Crippen MR) is 118 cm³/mol. The summed E-state index contributed by atoms with van der Waals surface area (Å²) in [6.45, 7) is 5.45. The minimum atomic E-state index is -0.338. The van der Waals surface area contributed by atoms with Gasteiger partial charge in [0.15, 0.2) is 0 Å². The third-order valence-electron chi connectivity index (χ3n) is 5.96. The molecule has 2 aromatic rings. The predicted octanol–water partition coefficient (Wildman–Crippen LogP) is 3.26. The Hall–Kier alpha value is -2.38. The van der Waals surface area contributed by atoms with Crippen LogP contribution in [-0.4, -0.2) is 47.7 Å². The fourth-order valence-corrected chi connectivity index (χ4v) is 4.29. The van der Waals surface area contributed by atoms with E-state index in [1.54, 1.807) is 25.7 Å². The number of carbonyl (C=O) groups excluding carboxylic acids is 1. The first-order chi connectivity index (χ1) is 14.3. The van der Waals surface area contributed by atoms with Crippen LogP contribution in [0.2, 0.25) is 5.02 Å². The summed E-state index contributed by atoms with van der Waals surface area (Å²) in [6, 6.07) is 1.94. The first-order valence-electron chi connectivity index (χ1n) is 10.3. The van der Waals surface area contributed by atoms with Crippen LogP contribution in [0.25, 0.3) is 11.1 Å². The summed E-state index contributed by atoms with van der Waals surface area (Å²) in [5.41, 5.74) is 8.81. The second-order valence-electron chi connectivity index (χ2n) is 8.72. The van der Waals surface area contributed by atoms with Crippen LogP contribution in [-0.2, 0) is 0 Å². The number of carbonyl (C=O) groups is 1. The number of rotatable bonds is 6. The number of pyridine rings is 2. The lowest BCUT2D eigenvalue weighted by Gasteiger charge is -2.27. The van der Waals surface area contributed by atoms with E-state index in [0.29, 0.717) is 34.5 Å². The van der Waals surface area contributed by atoms with E-state index < -0.39 is 0 Å². The highest BCUT2D eigenvalue weighted by Crippen LogP contribution is 2.42. The van der Waals surface area contributed by atoms with E-state index in [1.807, 2.05) is 13.0 Å². The number of halogens is 1. The van der Waals surface area contributed by atoms with Crippen molar-refractivity contribution in [1.29, 1.82) is 0 Å². The maximum absolute atomic E-state index is 13.3. The van der Waals surface area contributed by atoms with Crippen molar-refractivity contribution in [2.75, 3.05) is 25.1 Å². The number of nitrogens with zero attached hydrogens (tertiary/aromatic N) is 3. The molecule has 8 heteroatoms. The smallest absolute Gasteiger partial charge is 0.255 e. The van der Waals surface area contributed by atoms with Crippen molar-refractivity contribution in [3.63, 3.8) is 0 Å². The van der Waals surface area contributed by atoms with Gasteiger partial charge < -0.3 is 20.7 Å². The molecule has 1 saturated carbocycles. The summed E-state index contributed by atoms with van der Waals surface area (Å²) in [7, 11) is 1.57. The number of nitrogens with two attached hydrogens (primary N) is 1. The molecular formula is C22H28ClN5O2. The summed E-state index contributed by atoms with van der Waals surface area (Å²) in [6.07, 6.45) is 8.02. The number of ether oxygens (including phenoxy) is 1. The molecule has 1 amide bonds. The minimum absolute atomic E-state index is 0.127. The lowest BCUT2D eigenvalue weighted by molar-refractivity contribution is 0.0936. The van der Waals surface area contributed by atoms with E-state index in [0.717, 1.165) is 37.1 Å². The number of methoxy groups -OCH3 is 1. The largest absolute Gasteiger partial charge is 0.480 e. The molecule has 30 heavy (non-hydrogen) atoms. The first-order valence-corrected chi connectivity index (χ1v) is 10.7. The zero-order valence-electron chi connectivity index (χ0n) is 17.6. The molecule has 0 aromatic carbocycles. The fourth-order valence-electron chi connectivity index (χ4n) is 4.12. The van der Waals surface area contributed by atoms with Crippen LogP contribution in [0.5, 0.6) is 5.88 Å². The Balaban J connectivity index is 1.85. The van der Waals surface area contributed by atoms with Gasteiger partial charge in [-0.1, -0.05) is 11.6 Å². The van der Waals surface area contributed by atoms with Crippen molar-refractivity contribution in [1.82, 2.24) is 15.3 Å². The second-order valence-corrected chi connectivity index (χ2v) is 9.16. The molecule has 2 atom stereocenters. The highest BCUT2D eigenvalue weighted by atomic mass is 35.5. The average Bonchev–Trinajstić information content (AvgIpc) is 3.50. The van der Waals surface area contributed by atoms with Crippen LogP contribution in [0.4, 0.5) is 5.69 Å². The molecule has 7 nitrogen and oxygen atoms in total. The molecule has 2 fully saturated rings. The quantitative estimate of drug-likeness (QED) is 0.732. The lowest BCUT2D eigenvalue weighted by atomic mass is 10.0. The van der Waals surface area contributed by atoms with E-state index >= 15 is 0 Å². The number of nitrogens with one attached hydrogen (secondary N) is 1. The van der Waals surface area contributed by atoms with Crippen LogP contribution >= 0.6 is 11.6 Å². The number of anilines is 1. The maximum Gasteiger partial charge on any atom is 0.255 e. The van der Waals surface area contributed by atoms with Gasteiger partial charge in [0.25, 0.3) is 5.91 Å². The molecule has 3 N–H and O–H groups in total. The molecule has 1 saturated heterocycles. The van der Waals surface area contributed by atoms with Gasteiger partial charge >= 0.3 is 0 Å². The zero-order chi connectivity index (χ0) is 21.5. The maximum atomic E-state index is 13.3. The number of aromatic nitrogens is 2. The van der Waals surface area contributed by atoms with E-state index in [9.17, 15) is 4.79 Å². The molecular weight excluding hydrogens is 402 g/mol. The Labute approximate surface area is 182 Å². The monoisotopic (exact) mass is 429 g/mol. The molecule has 160 valence electrons. The molecule has 2 aromatic heterocycles. The van der Waals surface area contributed by atoms with Crippen molar-refractivity contribution in [3.8, 4) is 17.0 Å². The van der Waals surface area contributed by atoms with Crippen LogP contribution in [0.1, 0.15) is 43.5 Å². The Kier molecular flexibility index (Phi) is 5.59. The van der Waals surface area contributed by atoms with Gasteiger partial charge in [-0.25, -0.2) is 4.98 Å². The molecule has 2 aliphatic rings. The normalized spacial score (nSPS) is 22.1. The standard InChI is InChI=1S/C22H28ClN5O2/c1-13(14-4-5-14)27-20(29)17-11-26-21(30-3)18(15-8-16(23)10-25-9-15)19(17)28-7-6-22(2,24)12-28/h8-11,13-14H,4-7,12,24H2,1-3H3,(H,27,29)/t13-,22-/m0/s1. The Morgan fingerprint density at radius 1 is 1.40 bits per heavy atom. The van der Waals surface area contributed by atoms with Gasteiger partial charge in [0, 0.05) is 48.8 Å². The van der Waals surface area contributed by atoms with E-state index in [-0.39, 0.29) is 17.5 Å². The van der Waals surface area contributed by atoms with Crippen molar-refractivity contribution < 1.29 is 9.53 Å². The van der Waals surface area contributed by atoms with Gasteiger partial charge in [-0.3, -0.25) is 9.78 Å². The molecule has 0 spiro atoms. The van der Waals surface area contributed by atoms with Gasteiger partial charge in [0.05, 0.1) is 28.9 Å². The molecule has 0 radical (unpaired) electrons. The number of amides is 1. The first kappa shape index (κ1) is 20.9. The van der Waals surface area contributed by atoms with Crippen molar-refractivity contribution in [3.05, 3.63) is 35.2 Å². The topological polar surface area (TPSA) is 93.4 Å². The average molecular weight is 430 g/mol. The third-order valence-corrected chi connectivity index (χ3v) is 6.16. The van der Waals surface area contributed by atoms with Crippen LogP contribution < -0.4 is 20.7 Å². The van der Waals surface area contributed by atoms with Gasteiger partial charge in [-0.15, -0.1) is 0 Å². The molecule has 1 aliphatic carbocycles. The Bertz CT molecular complexity index is 961. The van der Waals surface area contributed by atoms with Gasteiger partial charge in [0.1, 0.15) is 0 Å². The number of hydrogen-bond acceptors (Lipinski definition) is 6. The minimum Gasteiger partial charge on any atom is -0.480 e. The summed E-state index contributed by atoms with van der Waals surface area (Å²) in [5, 5.41) is 3.65. The molecule has 1 aliphatic heterocycles. The molecule has 0 unspecified atom stereocenters. The summed E-state index contributed by atoms with van der Waals surface area (Å²) in [4.78, 5) is 24.1. The summed E-state index contributed by atoms with van der Waals surface area (Å²) >= 11 is 6.22.